The molecule has 0 aromatic heterocycles. The molecule has 0 bridgehead atoms. The molecule has 0 unspecified atom stereocenters. The molecule has 1 aromatic carbocycles. The van der Waals surface area contributed by atoms with Gasteiger partial charge in [0.2, 0.25) is 0 Å². The molecule has 0 heterocycles. The molecule has 0 saturated carbocycles. The number of halogens is 1. The summed E-state index contributed by atoms with van der Waals surface area (Å²) in [6, 6.07) is 3.62. The van der Waals surface area contributed by atoms with Crippen molar-refractivity contribution in [1.82, 2.24) is 0 Å². The zero-order valence-corrected chi connectivity index (χ0v) is 9.61. The van der Waals surface area contributed by atoms with Crippen molar-refractivity contribution in [3.8, 4) is 0 Å². The quantitative estimate of drug-likeness (QED) is 0.744. The van der Waals surface area contributed by atoms with Gasteiger partial charge < -0.3 is 14.6 Å². The summed E-state index contributed by atoms with van der Waals surface area (Å²) >= 11 is 0. The molecule has 0 aliphatic heterocycles. The molecule has 0 aliphatic carbocycles. The molecule has 0 atom stereocenters. The number of carbonyl (C=O) groups is 1. The maximum atomic E-state index is 12.9. The number of carboxylic acids is 1. The smallest absolute Gasteiger partial charge is 0.336 e. The van der Waals surface area contributed by atoms with E-state index in [0.717, 1.165) is 6.07 Å². The highest BCUT2D eigenvalue weighted by molar-refractivity contribution is 5.89. The van der Waals surface area contributed by atoms with Crippen molar-refractivity contribution < 1.29 is 23.8 Å². The summed E-state index contributed by atoms with van der Waals surface area (Å²) in [5.41, 5.74) is 0.386. The molecule has 0 radical (unpaired) electrons. The highest BCUT2D eigenvalue weighted by Gasteiger charge is 2.11. The van der Waals surface area contributed by atoms with Gasteiger partial charge in [-0.1, -0.05) is 6.07 Å². The molecular weight excluding hydrogens is 227 g/mol. The van der Waals surface area contributed by atoms with E-state index in [4.69, 9.17) is 14.6 Å². The lowest BCUT2D eigenvalue weighted by molar-refractivity contribution is 0.0443. The SMILES string of the molecule is CCOCCOCc1ccc(F)cc1C(=O)O. The van der Waals surface area contributed by atoms with Crippen LogP contribution in [-0.2, 0) is 16.1 Å². The summed E-state index contributed by atoms with van der Waals surface area (Å²) in [6.07, 6.45) is 0. The number of rotatable bonds is 7. The van der Waals surface area contributed by atoms with Gasteiger partial charge in [-0.2, -0.15) is 0 Å². The first-order valence-electron chi connectivity index (χ1n) is 5.32. The van der Waals surface area contributed by atoms with Crippen molar-refractivity contribution in [3.05, 3.63) is 35.1 Å². The number of carboxylic acid groups (broad SMARTS) is 1. The van der Waals surface area contributed by atoms with E-state index in [-0.39, 0.29) is 12.2 Å². The predicted molar refractivity (Wildman–Crippen MR) is 59.5 cm³/mol. The molecular formula is C12H15FO4. The third-order valence-electron chi connectivity index (χ3n) is 2.14. The molecule has 94 valence electrons. The molecule has 5 heteroatoms. The van der Waals surface area contributed by atoms with E-state index in [1.165, 1.54) is 12.1 Å². The first kappa shape index (κ1) is 13.6. The Morgan fingerprint density at radius 2 is 2.06 bits per heavy atom. The Kier molecular flexibility index (Phi) is 5.59. The summed E-state index contributed by atoms with van der Waals surface area (Å²) in [7, 11) is 0. The van der Waals surface area contributed by atoms with Gasteiger partial charge in [0.05, 0.1) is 25.4 Å². The maximum absolute atomic E-state index is 12.9. The van der Waals surface area contributed by atoms with Crippen LogP contribution in [0.2, 0.25) is 0 Å². The predicted octanol–water partition coefficient (Wildman–Crippen LogP) is 2.08. The Morgan fingerprint density at radius 3 is 2.71 bits per heavy atom. The first-order chi connectivity index (χ1) is 8.15. The Balaban J connectivity index is 2.55. The van der Waals surface area contributed by atoms with Crippen molar-refractivity contribution in [2.75, 3.05) is 19.8 Å². The number of hydrogen-bond donors (Lipinski definition) is 1. The van der Waals surface area contributed by atoms with Crippen molar-refractivity contribution in [2.45, 2.75) is 13.5 Å². The Morgan fingerprint density at radius 1 is 1.35 bits per heavy atom. The topological polar surface area (TPSA) is 55.8 Å². The summed E-state index contributed by atoms with van der Waals surface area (Å²) in [5.74, 6) is -1.73. The number of hydrogen-bond acceptors (Lipinski definition) is 3. The van der Waals surface area contributed by atoms with Crippen LogP contribution in [0, 0.1) is 5.82 Å². The fraction of sp³-hybridized carbons (Fsp3) is 0.417. The average Bonchev–Trinajstić information content (AvgIpc) is 2.30. The van der Waals surface area contributed by atoms with Gasteiger partial charge in [-0.25, -0.2) is 9.18 Å². The fourth-order valence-electron chi connectivity index (χ4n) is 1.32. The van der Waals surface area contributed by atoms with Crippen LogP contribution in [0.1, 0.15) is 22.8 Å². The summed E-state index contributed by atoms with van der Waals surface area (Å²) in [5, 5.41) is 8.88. The highest BCUT2D eigenvalue weighted by atomic mass is 19.1. The second-order valence-corrected chi connectivity index (χ2v) is 3.36. The summed E-state index contributed by atoms with van der Waals surface area (Å²) < 4.78 is 23.2. The van der Waals surface area contributed by atoms with Gasteiger partial charge in [-0.05, 0) is 24.6 Å². The molecule has 1 aromatic rings. The molecule has 0 aliphatic rings. The van der Waals surface area contributed by atoms with Crippen LogP contribution in [0.4, 0.5) is 4.39 Å². The van der Waals surface area contributed by atoms with E-state index in [9.17, 15) is 9.18 Å². The van der Waals surface area contributed by atoms with Gasteiger partial charge in [-0.3, -0.25) is 0 Å². The molecule has 0 amide bonds. The van der Waals surface area contributed by atoms with Crippen LogP contribution < -0.4 is 0 Å². The van der Waals surface area contributed by atoms with E-state index < -0.39 is 11.8 Å². The third-order valence-corrected chi connectivity index (χ3v) is 2.14. The second kappa shape index (κ2) is 6.98. The van der Waals surface area contributed by atoms with E-state index in [1.54, 1.807) is 0 Å². The minimum atomic E-state index is -1.16. The molecule has 0 fully saturated rings. The van der Waals surface area contributed by atoms with Crippen molar-refractivity contribution in [3.63, 3.8) is 0 Å². The fourth-order valence-corrected chi connectivity index (χ4v) is 1.32. The van der Waals surface area contributed by atoms with Gasteiger partial charge in [0, 0.05) is 6.61 Å². The second-order valence-electron chi connectivity index (χ2n) is 3.36. The number of benzene rings is 1. The molecule has 0 saturated heterocycles. The zero-order chi connectivity index (χ0) is 12.7. The Hall–Kier alpha value is -1.46. The van der Waals surface area contributed by atoms with E-state index in [2.05, 4.69) is 0 Å². The number of ether oxygens (including phenoxy) is 2. The van der Waals surface area contributed by atoms with Crippen LogP contribution in [-0.4, -0.2) is 30.9 Å². The maximum Gasteiger partial charge on any atom is 0.336 e. The summed E-state index contributed by atoms with van der Waals surface area (Å²) in [6.45, 7) is 3.46. The van der Waals surface area contributed by atoms with E-state index in [0.29, 0.717) is 25.4 Å². The lowest BCUT2D eigenvalue weighted by Gasteiger charge is -2.07. The van der Waals surface area contributed by atoms with E-state index in [1.807, 2.05) is 6.92 Å². The molecule has 17 heavy (non-hydrogen) atoms. The molecule has 0 spiro atoms. The minimum absolute atomic E-state index is 0.0681. The van der Waals surface area contributed by atoms with Crippen LogP contribution >= 0.6 is 0 Å². The van der Waals surface area contributed by atoms with E-state index >= 15 is 0 Å². The molecule has 1 rings (SSSR count). The first-order valence-corrected chi connectivity index (χ1v) is 5.32. The van der Waals surface area contributed by atoms with Crippen LogP contribution in [0.5, 0.6) is 0 Å². The largest absolute Gasteiger partial charge is 0.478 e. The Labute approximate surface area is 99.0 Å². The van der Waals surface area contributed by atoms with Gasteiger partial charge >= 0.3 is 5.97 Å². The van der Waals surface area contributed by atoms with Gasteiger partial charge in [-0.15, -0.1) is 0 Å². The normalized spacial score (nSPS) is 10.5. The van der Waals surface area contributed by atoms with Gasteiger partial charge in [0.1, 0.15) is 5.82 Å². The van der Waals surface area contributed by atoms with Crippen molar-refractivity contribution >= 4 is 5.97 Å². The average molecular weight is 242 g/mol. The van der Waals surface area contributed by atoms with Crippen molar-refractivity contribution in [2.24, 2.45) is 0 Å². The van der Waals surface area contributed by atoms with Crippen LogP contribution in [0.25, 0.3) is 0 Å². The highest BCUT2D eigenvalue weighted by Crippen LogP contribution is 2.12. The third kappa shape index (κ3) is 4.50. The zero-order valence-electron chi connectivity index (χ0n) is 9.61. The molecule has 1 N–H and O–H groups in total. The minimum Gasteiger partial charge on any atom is -0.478 e. The van der Waals surface area contributed by atoms with Gasteiger partial charge in [0.25, 0.3) is 0 Å². The Bertz CT molecular complexity index is 379. The van der Waals surface area contributed by atoms with Gasteiger partial charge in [0.15, 0.2) is 0 Å². The molecule has 4 nitrogen and oxygen atoms in total. The van der Waals surface area contributed by atoms with Crippen LogP contribution in [0.15, 0.2) is 18.2 Å². The van der Waals surface area contributed by atoms with Crippen LogP contribution in [0.3, 0.4) is 0 Å². The monoisotopic (exact) mass is 242 g/mol. The number of aromatic carboxylic acids is 1. The van der Waals surface area contributed by atoms with Crippen molar-refractivity contribution in [1.29, 1.82) is 0 Å². The standard InChI is InChI=1S/C12H15FO4/c1-2-16-5-6-17-8-9-3-4-10(13)7-11(9)12(14)15/h3-4,7H,2,5-6,8H2,1H3,(H,14,15). The lowest BCUT2D eigenvalue weighted by Crippen LogP contribution is -2.08. The summed E-state index contributed by atoms with van der Waals surface area (Å²) in [4.78, 5) is 10.9. The lowest BCUT2D eigenvalue weighted by atomic mass is 10.1.